The molecule has 2 rings (SSSR count). The van der Waals surface area contributed by atoms with Crippen LogP contribution in [-0.2, 0) is 0 Å². The van der Waals surface area contributed by atoms with Crippen LogP contribution in [0.15, 0.2) is 0 Å². The maximum absolute atomic E-state index is 3.63. The van der Waals surface area contributed by atoms with Crippen molar-refractivity contribution in [2.45, 2.75) is 38.8 Å². The quantitative estimate of drug-likeness (QED) is 0.613. The van der Waals surface area contributed by atoms with Crippen LogP contribution in [0.1, 0.15) is 26.7 Å². The Balaban J connectivity index is 1.92. The molecule has 0 aromatic carbocycles. The summed E-state index contributed by atoms with van der Waals surface area (Å²) in [6.07, 6.45) is 2.87. The third kappa shape index (κ3) is 1.30. The van der Waals surface area contributed by atoms with Crippen molar-refractivity contribution < 1.29 is 0 Å². The van der Waals surface area contributed by atoms with Crippen LogP contribution in [0, 0.1) is 5.41 Å². The lowest BCUT2D eigenvalue weighted by Crippen LogP contribution is -2.41. The van der Waals surface area contributed by atoms with E-state index in [4.69, 9.17) is 0 Å². The minimum absolute atomic E-state index is 0.636. The summed E-state index contributed by atoms with van der Waals surface area (Å²) >= 11 is 0. The highest BCUT2D eigenvalue weighted by Gasteiger charge is 2.51. The molecule has 0 unspecified atom stereocenters. The Morgan fingerprint density at radius 1 is 1.45 bits per heavy atom. The summed E-state index contributed by atoms with van der Waals surface area (Å²) in [4.78, 5) is 0. The highest BCUT2D eigenvalue weighted by atomic mass is 15.1. The van der Waals surface area contributed by atoms with Crippen LogP contribution in [0.5, 0.6) is 0 Å². The molecule has 2 aliphatic rings. The summed E-state index contributed by atoms with van der Waals surface area (Å²) in [5.41, 5.74) is 0.671. The van der Waals surface area contributed by atoms with Gasteiger partial charge in [-0.1, -0.05) is 13.8 Å². The number of hydrogen-bond acceptors (Lipinski definition) is 2. The third-order valence-electron chi connectivity index (χ3n) is 2.99. The molecule has 1 heterocycles. The smallest absolute Gasteiger partial charge is 0.0263 e. The predicted octanol–water partition coefficient (Wildman–Crippen LogP) is 0.736. The predicted molar refractivity (Wildman–Crippen MR) is 46.6 cm³/mol. The van der Waals surface area contributed by atoms with Crippen LogP contribution >= 0.6 is 0 Å². The Kier molecular flexibility index (Phi) is 1.69. The number of hydrogen-bond donors (Lipinski definition) is 2. The molecule has 1 aliphatic carbocycles. The van der Waals surface area contributed by atoms with E-state index in [0.29, 0.717) is 11.5 Å². The summed E-state index contributed by atoms with van der Waals surface area (Å²) in [5, 5.41) is 7.10. The first-order valence-corrected chi connectivity index (χ1v) is 4.70. The van der Waals surface area contributed by atoms with E-state index in [1.807, 2.05) is 0 Å². The Hall–Kier alpha value is -0.0800. The Morgan fingerprint density at radius 3 is 2.73 bits per heavy atom. The number of rotatable bonds is 2. The summed E-state index contributed by atoms with van der Waals surface area (Å²) < 4.78 is 0. The van der Waals surface area contributed by atoms with E-state index in [0.717, 1.165) is 6.04 Å². The molecule has 2 nitrogen and oxygen atoms in total. The van der Waals surface area contributed by atoms with Gasteiger partial charge in [0.15, 0.2) is 0 Å². The second kappa shape index (κ2) is 2.46. The van der Waals surface area contributed by atoms with Gasteiger partial charge < -0.3 is 10.6 Å². The van der Waals surface area contributed by atoms with Crippen molar-refractivity contribution >= 4 is 0 Å². The van der Waals surface area contributed by atoms with Crippen LogP contribution in [0.2, 0.25) is 0 Å². The van der Waals surface area contributed by atoms with Gasteiger partial charge in [-0.3, -0.25) is 0 Å². The second-order valence-electron chi connectivity index (χ2n) is 4.37. The second-order valence-corrected chi connectivity index (χ2v) is 4.37. The Morgan fingerprint density at radius 2 is 2.18 bits per heavy atom. The Labute approximate surface area is 68.7 Å². The van der Waals surface area contributed by atoms with E-state index in [1.54, 1.807) is 0 Å². The minimum atomic E-state index is 0.636. The van der Waals surface area contributed by atoms with Crippen molar-refractivity contribution in [2.75, 3.05) is 13.1 Å². The molecule has 2 heteroatoms. The van der Waals surface area contributed by atoms with Gasteiger partial charge in [0.2, 0.25) is 0 Å². The largest absolute Gasteiger partial charge is 0.315 e. The summed E-state index contributed by atoms with van der Waals surface area (Å²) in [6, 6.07) is 1.39. The van der Waals surface area contributed by atoms with Gasteiger partial charge in [-0.15, -0.1) is 0 Å². The molecule has 64 valence electrons. The van der Waals surface area contributed by atoms with Crippen molar-refractivity contribution in [1.29, 1.82) is 0 Å². The minimum Gasteiger partial charge on any atom is -0.315 e. The SMILES string of the molecule is CC(C)N[C@H]1CNCC12CC2. The van der Waals surface area contributed by atoms with Gasteiger partial charge >= 0.3 is 0 Å². The molecule has 1 spiro atoms. The van der Waals surface area contributed by atoms with Crippen LogP contribution in [0.3, 0.4) is 0 Å². The molecule has 11 heavy (non-hydrogen) atoms. The monoisotopic (exact) mass is 154 g/mol. The highest BCUT2D eigenvalue weighted by Crippen LogP contribution is 2.50. The molecule has 1 aliphatic heterocycles. The van der Waals surface area contributed by atoms with E-state index in [-0.39, 0.29) is 0 Å². The molecule has 1 saturated carbocycles. The van der Waals surface area contributed by atoms with Crippen molar-refractivity contribution in [2.24, 2.45) is 5.41 Å². The summed E-state index contributed by atoms with van der Waals surface area (Å²) in [6.45, 7) is 6.89. The van der Waals surface area contributed by atoms with E-state index in [9.17, 15) is 0 Å². The fourth-order valence-electron chi connectivity index (χ4n) is 2.13. The van der Waals surface area contributed by atoms with Gasteiger partial charge in [-0.05, 0) is 18.3 Å². The molecule has 2 fully saturated rings. The van der Waals surface area contributed by atoms with Crippen LogP contribution in [-0.4, -0.2) is 25.2 Å². The molecule has 0 aromatic rings. The molecule has 0 amide bonds. The van der Waals surface area contributed by atoms with E-state index in [2.05, 4.69) is 24.5 Å². The first-order chi connectivity index (χ1) is 5.23. The lowest BCUT2D eigenvalue weighted by Gasteiger charge is -2.21. The van der Waals surface area contributed by atoms with Gasteiger partial charge in [-0.25, -0.2) is 0 Å². The maximum atomic E-state index is 3.63. The first kappa shape index (κ1) is 7.56. The molecule has 2 N–H and O–H groups in total. The zero-order valence-electron chi connectivity index (χ0n) is 7.48. The molecule has 0 bridgehead atoms. The van der Waals surface area contributed by atoms with Gasteiger partial charge in [0.25, 0.3) is 0 Å². The zero-order chi connectivity index (χ0) is 7.90. The number of nitrogens with one attached hydrogen (secondary N) is 2. The molecular weight excluding hydrogens is 136 g/mol. The molecule has 0 aromatic heterocycles. The van der Waals surface area contributed by atoms with Crippen LogP contribution in [0.25, 0.3) is 0 Å². The van der Waals surface area contributed by atoms with Gasteiger partial charge in [-0.2, -0.15) is 0 Å². The van der Waals surface area contributed by atoms with E-state index in [1.165, 1.54) is 25.9 Å². The normalized spacial score (nSPS) is 33.5. The van der Waals surface area contributed by atoms with Crippen molar-refractivity contribution in [3.8, 4) is 0 Å². The lowest BCUT2D eigenvalue weighted by molar-refractivity contribution is 0.381. The van der Waals surface area contributed by atoms with Crippen molar-refractivity contribution in [3.63, 3.8) is 0 Å². The van der Waals surface area contributed by atoms with E-state index >= 15 is 0 Å². The third-order valence-corrected chi connectivity index (χ3v) is 2.99. The van der Waals surface area contributed by atoms with Crippen LogP contribution < -0.4 is 10.6 Å². The Bertz CT molecular complexity index is 150. The van der Waals surface area contributed by atoms with Gasteiger partial charge in [0, 0.05) is 25.2 Å². The topological polar surface area (TPSA) is 24.1 Å². The fourth-order valence-corrected chi connectivity index (χ4v) is 2.13. The summed E-state index contributed by atoms with van der Waals surface area (Å²) in [5.74, 6) is 0. The summed E-state index contributed by atoms with van der Waals surface area (Å²) in [7, 11) is 0. The lowest BCUT2D eigenvalue weighted by atomic mass is 10.0. The average molecular weight is 154 g/mol. The van der Waals surface area contributed by atoms with Crippen LogP contribution in [0.4, 0.5) is 0 Å². The van der Waals surface area contributed by atoms with Crippen molar-refractivity contribution in [3.05, 3.63) is 0 Å². The fraction of sp³-hybridized carbons (Fsp3) is 1.00. The molecule has 1 saturated heterocycles. The zero-order valence-corrected chi connectivity index (χ0v) is 7.48. The molecule has 0 radical (unpaired) electrons. The standard InChI is InChI=1S/C9H18N2/c1-7(2)11-8-5-10-6-9(8)3-4-9/h7-8,10-11H,3-6H2,1-2H3/t8-/m0/s1. The average Bonchev–Trinajstić information content (AvgIpc) is 2.56. The van der Waals surface area contributed by atoms with Gasteiger partial charge in [0.05, 0.1) is 0 Å². The first-order valence-electron chi connectivity index (χ1n) is 4.70. The molecular formula is C9H18N2. The molecule has 1 atom stereocenters. The van der Waals surface area contributed by atoms with Gasteiger partial charge in [0.1, 0.15) is 0 Å². The maximum Gasteiger partial charge on any atom is 0.0263 e. The van der Waals surface area contributed by atoms with E-state index < -0.39 is 0 Å². The van der Waals surface area contributed by atoms with Crippen molar-refractivity contribution in [1.82, 2.24) is 10.6 Å². The highest BCUT2D eigenvalue weighted by molar-refractivity contribution is 5.08.